The Hall–Kier alpha value is -0.940. The van der Waals surface area contributed by atoms with Gasteiger partial charge in [-0.1, -0.05) is 33.3 Å². The molecule has 0 saturated carbocycles. The van der Waals surface area contributed by atoms with E-state index >= 15 is 0 Å². The number of aromatic nitrogens is 1. The number of hydrogen-bond acceptors (Lipinski definition) is 3. The van der Waals surface area contributed by atoms with E-state index in [1.807, 2.05) is 4.90 Å². The van der Waals surface area contributed by atoms with Crippen molar-refractivity contribution in [2.75, 3.05) is 16.8 Å². The Labute approximate surface area is 124 Å². The molecule has 1 amide bonds. The first-order valence-corrected chi connectivity index (χ1v) is 8.27. The van der Waals surface area contributed by atoms with Crippen molar-refractivity contribution in [3.63, 3.8) is 0 Å². The number of anilines is 1. The lowest BCUT2D eigenvalue weighted by atomic mass is 10.1. The van der Waals surface area contributed by atoms with Crippen LogP contribution in [0.4, 0.5) is 5.13 Å². The van der Waals surface area contributed by atoms with Crippen LogP contribution in [-0.2, 0) is 4.79 Å². The number of thiazole rings is 1. The molecule has 1 aromatic heterocycles. The maximum atomic E-state index is 12.0. The number of nitrogens with zero attached hydrogens (tertiary/aromatic N) is 2. The van der Waals surface area contributed by atoms with Gasteiger partial charge in [-0.15, -0.1) is 0 Å². The number of alkyl halides is 1. The molecule has 19 heavy (non-hydrogen) atoms. The van der Waals surface area contributed by atoms with Gasteiger partial charge >= 0.3 is 0 Å². The third-order valence-electron chi connectivity index (χ3n) is 3.73. The van der Waals surface area contributed by atoms with E-state index in [2.05, 4.69) is 46.9 Å². The Morgan fingerprint density at radius 3 is 2.95 bits per heavy atom. The minimum absolute atomic E-state index is 0.192. The lowest BCUT2D eigenvalue weighted by Gasteiger charge is -2.11. The second-order valence-corrected chi connectivity index (χ2v) is 6.74. The van der Waals surface area contributed by atoms with E-state index in [9.17, 15) is 4.79 Å². The average Bonchev–Trinajstić information content (AvgIpc) is 2.97. The van der Waals surface area contributed by atoms with Crippen molar-refractivity contribution in [1.29, 1.82) is 0 Å². The molecule has 1 atom stereocenters. The standard InChI is InChI=1S/C14H15BrN2OS/c1-8-3-4-11-13(9(8)2)16-14(19-11)17-7-10(6-15)5-12(17)18/h3-4,10H,5-7H2,1-2H3. The van der Waals surface area contributed by atoms with Crippen LogP contribution in [-0.4, -0.2) is 22.8 Å². The number of fused-ring (bicyclic) bond motifs is 1. The first-order chi connectivity index (χ1) is 9.10. The molecule has 1 unspecified atom stereocenters. The van der Waals surface area contributed by atoms with Gasteiger partial charge in [-0.2, -0.15) is 0 Å². The van der Waals surface area contributed by atoms with E-state index in [1.165, 1.54) is 11.1 Å². The fourth-order valence-corrected chi connectivity index (χ4v) is 3.88. The summed E-state index contributed by atoms with van der Waals surface area (Å²) in [5, 5.41) is 1.72. The van der Waals surface area contributed by atoms with Crippen LogP contribution in [0.5, 0.6) is 0 Å². The van der Waals surface area contributed by atoms with E-state index in [4.69, 9.17) is 0 Å². The van der Waals surface area contributed by atoms with E-state index in [0.29, 0.717) is 12.3 Å². The molecule has 2 aromatic rings. The molecule has 1 aromatic carbocycles. The fraction of sp³-hybridized carbons (Fsp3) is 0.429. The molecule has 0 bridgehead atoms. The van der Waals surface area contributed by atoms with Gasteiger partial charge in [0.1, 0.15) is 0 Å². The SMILES string of the molecule is Cc1ccc2sc(N3CC(CBr)CC3=O)nc2c1C. The number of rotatable bonds is 2. The number of benzene rings is 1. The maximum Gasteiger partial charge on any atom is 0.229 e. The van der Waals surface area contributed by atoms with Gasteiger partial charge in [0.25, 0.3) is 0 Å². The first-order valence-electron chi connectivity index (χ1n) is 6.33. The topological polar surface area (TPSA) is 33.2 Å². The normalized spacial score (nSPS) is 19.6. The Morgan fingerprint density at radius 2 is 2.26 bits per heavy atom. The average molecular weight is 339 g/mol. The smallest absolute Gasteiger partial charge is 0.229 e. The van der Waals surface area contributed by atoms with Gasteiger partial charge in [-0.25, -0.2) is 4.98 Å². The van der Waals surface area contributed by atoms with Crippen molar-refractivity contribution in [2.24, 2.45) is 5.92 Å². The van der Waals surface area contributed by atoms with Crippen LogP contribution in [0.3, 0.4) is 0 Å². The van der Waals surface area contributed by atoms with Crippen molar-refractivity contribution in [3.8, 4) is 0 Å². The lowest BCUT2D eigenvalue weighted by Crippen LogP contribution is -2.24. The molecule has 3 nitrogen and oxygen atoms in total. The molecular formula is C14H15BrN2OS. The maximum absolute atomic E-state index is 12.0. The van der Waals surface area contributed by atoms with Gasteiger partial charge in [0.15, 0.2) is 5.13 Å². The molecule has 0 aliphatic carbocycles. The monoisotopic (exact) mass is 338 g/mol. The molecule has 1 aliphatic rings. The van der Waals surface area contributed by atoms with Crippen molar-refractivity contribution < 1.29 is 4.79 Å². The number of carbonyl (C=O) groups excluding carboxylic acids is 1. The highest BCUT2D eigenvalue weighted by Crippen LogP contribution is 2.34. The molecule has 1 aliphatic heterocycles. The molecule has 0 radical (unpaired) electrons. The summed E-state index contributed by atoms with van der Waals surface area (Å²) in [5.74, 6) is 0.597. The van der Waals surface area contributed by atoms with Gasteiger partial charge in [-0.3, -0.25) is 9.69 Å². The van der Waals surface area contributed by atoms with Crippen LogP contribution in [0.25, 0.3) is 10.2 Å². The van der Waals surface area contributed by atoms with E-state index in [-0.39, 0.29) is 5.91 Å². The molecule has 100 valence electrons. The Balaban J connectivity index is 2.02. The second kappa shape index (κ2) is 4.87. The molecule has 0 N–H and O–H groups in total. The summed E-state index contributed by atoms with van der Waals surface area (Å²) >= 11 is 5.08. The predicted molar refractivity (Wildman–Crippen MR) is 83.3 cm³/mol. The molecule has 3 rings (SSSR count). The zero-order chi connectivity index (χ0) is 13.6. The highest BCUT2D eigenvalue weighted by molar-refractivity contribution is 9.09. The van der Waals surface area contributed by atoms with Crippen LogP contribution in [0.1, 0.15) is 17.5 Å². The summed E-state index contributed by atoms with van der Waals surface area (Å²) in [6.07, 6.45) is 0.624. The summed E-state index contributed by atoms with van der Waals surface area (Å²) in [4.78, 5) is 18.6. The third-order valence-corrected chi connectivity index (χ3v) is 5.69. The van der Waals surface area contributed by atoms with Crippen LogP contribution >= 0.6 is 27.3 Å². The van der Waals surface area contributed by atoms with Gasteiger partial charge in [0, 0.05) is 18.3 Å². The fourth-order valence-electron chi connectivity index (χ4n) is 2.40. The lowest BCUT2D eigenvalue weighted by molar-refractivity contribution is -0.117. The largest absolute Gasteiger partial charge is 0.288 e. The van der Waals surface area contributed by atoms with Crippen molar-refractivity contribution >= 4 is 48.5 Å². The zero-order valence-electron chi connectivity index (χ0n) is 10.9. The number of aryl methyl sites for hydroxylation is 2. The molecule has 0 spiro atoms. The number of hydrogen-bond donors (Lipinski definition) is 0. The highest BCUT2D eigenvalue weighted by atomic mass is 79.9. The number of carbonyl (C=O) groups is 1. The van der Waals surface area contributed by atoms with Crippen LogP contribution in [0.15, 0.2) is 12.1 Å². The highest BCUT2D eigenvalue weighted by Gasteiger charge is 2.31. The van der Waals surface area contributed by atoms with Gasteiger partial charge < -0.3 is 0 Å². The Morgan fingerprint density at radius 1 is 1.47 bits per heavy atom. The molecular weight excluding hydrogens is 324 g/mol. The van der Waals surface area contributed by atoms with E-state index < -0.39 is 0 Å². The minimum Gasteiger partial charge on any atom is -0.288 e. The molecule has 2 heterocycles. The summed E-state index contributed by atoms with van der Waals surface area (Å²) < 4.78 is 1.16. The van der Waals surface area contributed by atoms with Gasteiger partial charge in [0.05, 0.1) is 10.2 Å². The number of amides is 1. The van der Waals surface area contributed by atoms with E-state index in [0.717, 1.165) is 27.2 Å². The van der Waals surface area contributed by atoms with Crippen molar-refractivity contribution in [2.45, 2.75) is 20.3 Å². The summed E-state index contributed by atoms with van der Waals surface area (Å²) in [6, 6.07) is 4.22. The van der Waals surface area contributed by atoms with Crippen LogP contribution < -0.4 is 4.90 Å². The van der Waals surface area contributed by atoms with Gasteiger partial charge in [0.2, 0.25) is 5.91 Å². The molecule has 1 saturated heterocycles. The van der Waals surface area contributed by atoms with Crippen molar-refractivity contribution in [3.05, 3.63) is 23.3 Å². The summed E-state index contributed by atoms with van der Waals surface area (Å²) in [5.41, 5.74) is 3.49. The second-order valence-electron chi connectivity index (χ2n) is 5.08. The number of halogens is 1. The minimum atomic E-state index is 0.192. The Kier molecular flexibility index (Phi) is 3.35. The zero-order valence-corrected chi connectivity index (χ0v) is 13.3. The predicted octanol–water partition coefficient (Wildman–Crippen LogP) is 3.66. The van der Waals surface area contributed by atoms with Crippen molar-refractivity contribution in [1.82, 2.24) is 4.98 Å². The van der Waals surface area contributed by atoms with Crippen LogP contribution in [0, 0.1) is 19.8 Å². The molecule has 5 heteroatoms. The van der Waals surface area contributed by atoms with E-state index in [1.54, 1.807) is 11.3 Å². The van der Waals surface area contributed by atoms with Crippen LogP contribution in [0.2, 0.25) is 0 Å². The summed E-state index contributed by atoms with van der Waals surface area (Å²) in [7, 11) is 0. The van der Waals surface area contributed by atoms with Gasteiger partial charge in [-0.05, 0) is 37.0 Å². The molecule has 1 fully saturated rings. The first kappa shape index (κ1) is 13.1. The quantitative estimate of drug-likeness (QED) is 0.783. The Bertz CT molecular complexity index is 652. The third kappa shape index (κ3) is 2.19. The summed E-state index contributed by atoms with van der Waals surface area (Å²) in [6.45, 7) is 4.96.